The number of benzene rings is 2. The van der Waals surface area contributed by atoms with Crippen LogP contribution in [0.5, 0.6) is 0 Å². The molecule has 0 fully saturated rings. The first-order valence-electron chi connectivity index (χ1n) is 6.45. The molecule has 4 nitrogen and oxygen atoms in total. The van der Waals surface area contributed by atoms with Gasteiger partial charge in [0, 0.05) is 0 Å². The van der Waals surface area contributed by atoms with E-state index >= 15 is 0 Å². The fourth-order valence-electron chi connectivity index (χ4n) is 2.51. The van der Waals surface area contributed by atoms with E-state index in [9.17, 15) is 14.7 Å². The van der Waals surface area contributed by atoms with Crippen molar-refractivity contribution < 1.29 is 14.3 Å². The molecular weight excluding hydrogens is 268 g/mol. The Morgan fingerprint density at radius 2 is 1.95 bits per heavy atom. The minimum atomic E-state index is -1.07. The van der Waals surface area contributed by atoms with Crippen LogP contribution in [0.4, 0.5) is 0 Å². The molecule has 0 aliphatic rings. The zero-order chi connectivity index (χ0) is 15.0. The highest BCUT2D eigenvalue weighted by atomic mass is 16.4. The Morgan fingerprint density at radius 3 is 2.67 bits per heavy atom. The first kappa shape index (κ1) is 13.1. The Hall–Kier alpha value is -2.88. The maximum Gasteiger partial charge on any atom is 0.336 e. The van der Waals surface area contributed by atoms with Crippen LogP contribution in [0.15, 0.2) is 58.3 Å². The summed E-state index contributed by atoms with van der Waals surface area (Å²) in [7, 11) is 0. The van der Waals surface area contributed by atoms with Gasteiger partial charge < -0.3 is 9.52 Å². The summed E-state index contributed by atoms with van der Waals surface area (Å²) < 4.78 is 5.72. The van der Waals surface area contributed by atoms with Crippen molar-refractivity contribution in [1.82, 2.24) is 0 Å². The van der Waals surface area contributed by atoms with Crippen LogP contribution in [0.1, 0.15) is 15.9 Å². The van der Waals surface area contributed by atoms with Crippen LogP contribution < -0.4 is 5.43 Å². The van der Waals surface area contributed by atoms with E-state index in [-0.39, 0.29) is 11.0 Å². The number of para-hydroxylation sites is 1. The van der Waals surface area contributed by atoms with E-state index in [4.69, 9.17) is 4.42 Å². The molecule has 0 aliphatic carbocycles. The SMILES string of the molecule is C=CCc1c(C(=O)O)ccc2oc3ccccc3c(=O)c12. The van der Waals surface area contributed by atoms with Crippen molar-refractivity contribution in [1.29, 1.82) is 0 Å². The molecule has 0 saturated heterocycles. The highest BCUT2D eigenvalue weighted by Gasteiger charge is 2.17. The van der Waals surface area contributed by atoms with Crippen molar-refractivity contribution in [2.45, 2.75) is 6.42 Å². The number of carboxylic acids is 1. The summed E-state index contributed by atoms with van der Waals surface area (Å²) in [6, 6.07) is 9.91. The van der Waals surface area contributed by atoms with Gasteiger partial charge >= 0.3 is 5.97 Å². The molecule has 1 heterocycles. The summed E-state index contributed by atoms with van der Waals surface area (Å²) in [6.45, 7) is 3.63. The molecule has 3 rings (SSSR count). The molecule has 4 heteroatoms. The number of allylic oxidation sites excluding steroid dienone is 1. The highest BCUT2D eigenvalue weighted by Crippen LogP contribution is 2.24. The molecule has 0 atom stereocenters. The molecule has 0 bridgehead atoms. The number of aromatic carboxylic acids is 1. The van der Waals surface area contributed by atoms with Crippen molar-refractivity contribution in [3.05, 3.63) is 70.4 Å². The average Bonchev–Trinajstić information content (AvgIpc) is 2.47. The van der Waals surface area contributed by atoms with E-state index in [1.54, 1.807) is 30.3 Å². The van der Waals surface area contributed by atoms with Gasteiger partial charge in [0.05, 0.1) is 16.3 Å². The molecule has 0 amide bonds. The molecule has 0 unspecified atom stereocenters. The van der Waals surface area contributed by atoms with Gasteiger partial charge in [-0.1, -0.05) is 18.2 Å². The number of carbonyl (C=O) groups is 1. The third-order valence-electron chi connectivity index (χ3n) is 3.43. The molecule has 1 N–H and O–H groups in total. The lowest BCUT2D eigenvalue weighted by Gasteiger charge is -2.08. The van der Waals surface area contributed by atoms with Crippen molar-refractivity contribution in [2.24, 2.45) is 0 Å². The van der Waals surface area contributed by atoms with Crippen LogP contribution in [0.2, 0.25) is 0 Å². The van der Waals surface area contributed by atoms with Crippen molar-refractivity contribution in [2.75, 3.05) is 0 Å². The maximum absolute atomic E-state index is 12.7. The number of hydrogen-bond acceptors (Lipinski definition) is 3. The minimum Gasteiger partial charge on any atom is -0.478 e. The second-order valence-electron chi connectivity index (χ2n) is 4.69. The summed E-state index contributed by atoms with van der Waals surface area (Å²) in [5, 5.41) is 10.0. The third-order valence-corrected chi connectivity index (χ3v) is 3.43. The number of fused-ring (bicyclic) bond motifs is 2. The van der Waals surface area contributed by atoms with E-state index in [0.29, 0.717) is 33.9 Å². The first-order chi connectivity index (χ1) is 10.1. The topological polar surface area (TPSA) is 67.5 Å². The Kier molecular flexibility index (Phi) is 3.06. The van der Waals surface area contributed by atoms with Gasteiger partial charge in [0.2, 0.25) is 5.43 Å². The van der Waals surface area contributed by atoms with E-state index in [2.05, 4.69) is 6.58 Å². The number of hydrogen-bond donors (Lipinski definition) is 1. The van der Waals surface area contributed by atoms with Gasteiger partial charge in [-0.15, -0.1) is 6.58 Å². The summed E-state index contributed by atoms with van der Waals surface area (Å²) in [5.74, 6) is -1.07. The van der Waals surface area contributed by atoms with Gasteiger partial charge in [0.25, 0.3) is 0 Å². The first-order valence-corrected chi connectivity index (χ1v) is 6.45. The molecule has 1 aromatic heterocycles. The molecule has 0 radical (unpaired) electrons. The molecule has 0 spiro atoms. The monoisotopic (exact) mass is 280 g/mol. The van der Waals surface area contributed by atoms with Crippen molar-refractivity contribution >= 4 is 27.9 Å². The molecule has 21 heavy (non-hydrogen) atoms. The zero-order valence-corrected chi connectivity index (χ0v) is 11.1. The van der Waals surface area contributed by atoms with Gasteiger partial charge in [-0.25, -0.2) is 4.79 Å². The van der Waals surface area contributed by atoms with Crippen LogP contribution in [0.25, 0.3) is 21.9 Å². The van der Waals surface area contributed by atoms with E-state index < -0.39 is 5.97 Å². The Morgan fingerprint density at radius 1 is 1.19 bits per heavy atom. The summed E-state index contributed by atoms with van der Waals surface area (Å²) in [6.07, 6.45) is 1.87. The van der Waals surface area contributed by atoms with Gasteiger partial charge in [0.1, 0.15) is 11.2 Å². The smallest absolute Gasteiger partial charge is 0.336 e. The maximum atomic E-state index is 12.7. The largest absolute Gasteiger partial charge is 0.478 e. The van der Waals surface area contributed by atoms with Crippen LogP contribution in [0.3, 0.4) is 0 Å². The molecule has 0 saturated carbocycles. The number of rotatable bonds is 3. The molecule has 2 aromatic carbocycles. The van der Waals surface area contributed by atoms with Gasteiger partial charge in [-0.2, -0.15) is 0 Å². The van der Waals surface area contributed by atoms with Crippen LogP contribution in [-0.2, 0) is 6.42 Å². The molecule has 0 aliphatic heterocycles. The predicted octanol–water partition coefficient (Wildman–Crippen LogP) is 3.37. The van der Waals surface area contributed by atoms with Crippen LogP contribution in [-0.4, -0.2) is 11.1 Å². The van der Waals surface area contributed by atoms with Gasteiger partial charge in [-0.3, -0.25) is 4.79 Å². The normalized spacial score (nSPS) is 10.9. The second-order valence-corrected chi connectivity index (χ2v) is 4.69. The lowest BCUT2D eigenvalue weighted by atomic mass is 9.98. The fourth-order valence-corrected chi connectivity index (χ4v) is 2.51. The van der Waals surface area contributed by atoms with Gasteiger partial charge in [-0.05, 0) is 36.2 Å². The van der Waals surface area contributed by atoms with Crippen LogP contribution in [0, 0.1) is 0 Å². The molecule has 104 valence electrons. The lowest BCUT2D eigenvalue weighted by molar-refractivity contribution is 0.0696. The summed E-state index contributed by atoms with van der Waals surface area (Å²) >= 11 is 0. The Bertz CT molecular complexity index is 935. The number of carboxylic acid groups (broad SMARTS) is 1. The molecule has 3 aromatic rings. The van der Waals surface area contributed by atoms with E-state index in [1.165, 1.54) is 12.1 Å². The second kappa shape index (κ2) is 4.90. The molecular formula is C17H12O4. The van der Waals surface area contributed by atoms with E-state index in [0.717, 1.165) is 0 Å². The zero-order valence-electron chi connectivity index (χ0n) is 11.1. The van der Waals surface area contributed by atoms with Crippen molar-refractivity contribution in [3.8, 4) is 0 Å². The summed E-state index contributed by atoms with van der Waals surface area (Å²) in [5.41, 5.74) is 1.20. The minimum absolute atomic E-state index is 0.102. The van der Waals surface area contributed by atoms with Crippen LogP contribution >= 0.6 is 0 Å². The standard InChI is InChI=1S/C17H12O4/c1-2-5-10-11(17(19)20)8-9-14-15(10)16(18)12-6-3-4-7-13(12)21-14/h2-4,6-9H,1,5H2,(H,19,20). The lowest BCUT2D eigenvalue weighted by Crippen LogP contribution is -2.10. The Labute approximate surface area is 119 Å². The highest BCUT2D eigenvalue weighted by molar-refractivity contribution is 5.99. The van der Waals surface area contributed by atoms with Gasteiger partial charge in [0.15, 0.2) is 0 Å². The van der Waals surface area contributed by atoms with E-state index in [1.807, 2.05) is 0 Å². The fraction of sp³-hybridized carbons (Fsp3) is 0.0588. The predicted molar refractivity (Wildman–Crippen MR) is 80.9 cm³/mol. The third kappa shape index (κ3) is 2.01. The Balaban J connectivity index is 2.54. The average molecular weight is 280 g/mol. The summed E-state index contributed by atoms with van der Waals surface area (Å²) in [4.78, 5) is 24.0. The van der Waals surface area contributed by atoms with Crippen molar-refractivity contribution in [3.63, 3.8) is 0 Å². The quantitative estimate of drug-likeness (QED) is 0.590.